The van der Waals surface area contributed by atoms with Crippen molar-refractivity contribution in [2.24, 2.45) is 16.3 Å². The molecule has 37 heavy (non-hydrogen) atoms. The number of guanidine groups is 1. The Morgan fingerprint density at radius 2 is 1.38 bits per heavy atom. The van der Waals surface area contributed by atoms with E-state index in [1.807, 2.05) is 4.90 Å². The van der Waals surface area contributed by atoms with Crippen molar-refractivity contribution in [1.82, 2.24) is 4.90 Å². The van der Waals surface area contributed by atoms with Gasteiger partial charge in [0.25, 0.3) is 0 Å². The molecule has 198 valence electrons. The number of nitrogens with zero attached hydrogens (tertiary/aromatic N) is 2. The Balaban J connectivity index is 1.61. The Kier molecular flexibility index (Phi) is 5.85. The van der Waals surface area contributed by atoms with Crippen molar-refractivity contribution in [2.45, 2.75) is 85.5 Å². The van der Waals surface area contributed by atoms with Gasteiger partial charge in [-0.2, -0.15) is 0 Å². The van der Waals surface area contributed by atoms with Crippen LogP contribution in [0.25, 0.3) is 11.1 Å². The van der Waals surface area contributed by atoms with Crippen LogP contribution in [0.15, 0.2) is 35.3 Å². The molecule has 4 nitrogen and oxygen atoms in total. The molecule has 0 amide bonds. The van der Waals surface area contributed by atoms with Crippen LogP contribution in [0.2, 0.25) is 0 Å². The zero-order chi connectivity index (χ0) is 27.1. The van der Waals surface area contributed by atoms with E-state index >= 15 is 0 Å². The lowest BCUT2D eigenvalue weighted by molar-refractivity contribution is 0.0672. The fourth-order valence-corrected chi connectivity index (χ4v) is 6.92. The van der Waals surface area contributed by atoms with E-state index in [9.17, 15) is 0 Å². The van der Waals surface area contributed by atoms with E-state index in [4.69, 9.17) is 15.1 Å². The van der Waals surface area contributed by atoms with E-state index in [2.05, 4.69) is 99.6 Å². The van der Waals surface area contributed by atoms with Crippen LogP contribution in [0.4, 0.5) is 0 Å². The van der Waals surface area contributed by atoms with Crippen LogP contribution in [0.1, 0.15) is 97.1 Å². The summed E-state index contributed by atoms with van der Waals surface area (Å²) in [5, 5.41) is 8.66. The maximum Gasteiger partial charge on any atom is 0.218 e. The standard InChI is InChI=1S/C33H45N3O/c1-20(2)28(35-29(34)36-13-15-37-16-14-36)21-11-12-22-23-18-26-27(19-25(23)30(3,4)24(22)17-21)32(7,8)33(9,10)31(26,5)6/h11-12,17-20,34H,13-16H2,1-10H3/b34-29?,35-28+. The Hall–Kier alpha value is -2.46. The molecule has 0 saturated carbocycles. The summed E-state index contributed by atoms with van der Waals surface area (Å²) < 4.78 is 5.47. The van der Waals surface area contributed by atoms with Crippen LogP contribution in [0, 0.1) is 16.7 Å². The second-order valence-corrected chi connectivity index (χ2v) is 13.8. The number of ether oxygens (including phenoxy) is 1. The first kappa shape index (κ1) is 26.2. The topological polar surface area (TPSA) is 48.7 Å². The van der Waals surface area contributed by atoms with Crippen LogP contribution in [-0.2, 0) is 21.0 Å². The molecule has 1 aliphatic heterocycles. The lowest BCUT2D eigenvalue weighted by atomic mass is 9.59. The summed E-state index contributed by atoms with van der Waals surface area (Å²) in [5.41, 5.74) is 10.9. The first-order valence-electron chi connectivity index (χ1n) is 14.0. The van der Waals surface area contributed by atoms with Gasteiger partial charge in [-0.25, -0.2) is 4.99 Å². The van der Waals surface area contributed by atoms with Gasteiger partial charge in [0.15, 0.2) is 0 Å². The van der Waals surface area contributed by atoms with Crippen LogP contribution < -0.4 is 0 Å². The minimum Gasteiger partial charge on any atom is -0.378 e. The molecule has 4 heteroatoms. The van der Waals surface area contributed by atoms with Crippen LogP contribution >= 0.6 is 0 Å². The molecule has 2 aromatic rings. The highest BCUT2D eigenvalue weighted by molar-refractivity contribution is 6.08. The highest BCUT2D eigenvalue weighted by Crippen LogP contribution is 2.63. The van der Waals surface area contributed by atoms with Crippen molar-refractivity contribution in [2.75, 3.05) is 26.3 Å². The minimum atomic E-state index is -0.0948. The van der Waals surface area contributed by atoms with Crippen molar-refractivity contribution >= 4 is 11.7 Å². The van der Waals surface area contributed by atoms with Crippen LogP contribution in [0.3, 0.4) is 0 Å². The van der Waals surface area contributed by atoms with Gasteiger partial charge in [0.1, 0.15) is 0 Å². The molecular formula is C33H45N3O. The first-order chi connectivity index (χ1) is 17.1. The van der Waals surface area contributed by atoms with Gasteiger partial charge in [-0.3, -0.25) is 5.41 Å². The number of aliphatic imine (C=N–C) groups is 1. The quantitative estimate of drug-likeness (QED) is 0.348. The second kappa shape index (κ2) is 8.27. The molecule has 1 heterocycles. The molecule has 0 radical (unpaired) electrons. The lowest BCUT2D eigenvalue weighted by Gasteiger charge is -2.44. The fourth-order valence-electron chi connectivity index (χ4n) is 6.92. The lowest BCUT2D eigenvalue weighted by Crippen LogP contribution is -2.42. The summed E-state index contributed by atoms with van der Waals surface area (Å²) in [6.07, 6.45) is 0. The molecular weight excluding hydrogens is 454 g/mol. The van der Waals surface area contributed by atoms with Crippen molar-refractivity contribution in [3.05, 3.63) is 58.1 Å². The van der Waals surface area contributed by atoms with Gasteiger partial charge in [-0.15, -0.1) is 0 Å². The number of rotatable bonds is 2. The van der Waals surface area contributed by atoms with Gasteiger partial charge in [0, 0.05) is 18.5 Å². The molecule has 0 atom stereocenters. The Morgan fingerprint density at radius 1 is 0.811 bits per heavy atom. The molecule has 2 aliphatic carbocycles. The highest BCUT2D eigenvalue weighted by atomic mass is 16.5. The third-order valence-electron chi connectivity index (χ3n) is 10.7. The molecule has 5 rings (SSSR count). The summed E-state index contributed by atoms with van der Waals surface area (Å²) in [6.45, 7) is 26.4. The minimum absolute atomic E-state index is 0.0883. The number of hydrogen-bond acceptors (Lipinski definition) is 2. The predicted molar refractivity (Wildman–Crippen MR) is 155 cm³/mol. The van der Waals surface area contributed by atoms with E-state index in [-0.39, 0.29) is 27.6 Å². The number of benzene rings is 2. The van der Waals surface area contributed by atoms with E-state index in [1.54, 1.807) is 0 Å². The maximum atomic E-state index is 8.66. The first-order valence-corrected chi connectivity index (χ1v) is 14.0. The number of nitrogens with one attached hydrogen (secondary N) is 1. The van der Waals surface area contributed by atoms with Crippen LogP contribution in [-0.4, -0.2) is 42.9 Å². The molecule has 0 spiro atoms. The zero-order valence-electron chi connectivity index (χ0n) is 24.6. The van der Waals surface area contributed by atoms with E-state index < -0.39 is 0 Å². The SMILES string of the molecule is CC(C)/C(=N\C(=N)N1CCOCC1)c1ccc2c(c1)C(C)(C)c1cc3c(cc1-2)C(C)(C)C(C)(C)C3(C)C. The summed E-state index contributed by atoms with van der Waals surface area (Å²) in [4.78, 5) is 6.89. The molecule has 0 aromatic heterocycles. The molecule has 0 unspecified atom stereocenters. The van der Waals surface area contributed by atoms with Gasteiger partial charge >= 0.3 is 0 Å². The van der Waals surface area contributed by atoms with Gasteiger partial charge in [-0.05, 0) is 73.2 Å². The number of fused-ring (bicyclic) bond motifs is 4. The van der Waals surface area contributed by atoms with E-state index in [1.165, 1.54) is 33.4 Å². The Morgan fingerprint density at radius 3 is 1.97 bits per heavy atom. The molecule has 1 N–H and O–H groups in total. The third kappa shape index (κ3) is 3.58. The van der Waals surface area contributed by atoms with Gasteiger partial charge in [-0.1, -0.05) is 87.4 Å². The van der Waals surface area contributed by atoms with Crippen molar-refractivity contribution in [1.29, 1.82) is 5.41 Å². The largest absolute Gasteiger partial charge is 0.378 e. The summed E-state index contributed by atoms with van der Waals surface area (Å²) >= 11 is 0. The van der Waals surface area contributed by atoms with Crippen molar-refractivity contribution in [3.63, 3.8) is 0 Å². The number of hydrogen-bond donors (Lipinski definition) is 1. The second-order valence-electron chi connectivity index (χ2n) is 13.8. The average Bonchev–Trinajstić information content (AvgIpc) is 3.12. The third-order valence-corrected chi connectivity index (χ3v) is 10.7. The molecule has 3 aliphatic rings. The van der Waals surface area contributed by atoms with E-state index in [0.717, 1.165) is 24.4 Å². The van der Waals surface area contributed by atoms with Gasteiger partial charge in [0.2, 0.25) is 5.96 Å². The predicted octanol–water partition coefficient (Wildman–Crippen LogP) is 7.30. The average molecular weight is 500 g/mol. The van der Waals surface area contributed by atoms with Crippen molar-refractivity contribution in [3.8, 4) is 11.1 Å². The summed E-state index contributed by atoms with van der Waals surface area (Å²) in [7, 11) is 0. The fraction of sp³-hybridized carbons (Fsp3) is 0.576. The monoisotopic (exact) mass is 499 g/mol. The van der Waals surface area contributed by atoms with Gasteiger partial charge < -0.3 is 9.64 Å². The highest BCUT2D eigenvalue weighted by Gasteiger charge is 2.57. The summed E-state index contributed by atoms with van der Waals surface area (Å²) in [5.74, 6) is 0.567. The smallest absolute Gasteiger partial charge is 0.218 e. The van der Waals surface area contributed by atoms with E-state index in [0.29, 0.717) is 19.2 Å². The Bertz CT molecular complexity index is 1300. The van der Waals surface area contributed by atoms with Crippen LogP contribution in [0.5, 0.6) is 0 Å². The molecule has 1 fully saturated rings. The van der Waals surface area contributed by atoms with Gasteiger partial charge in [0.05, 0.1) is 18.9 Å². The van der Waals surface area contributed by atoms with Crippen molar-refractivity contribution < 1.29 is 4.74 Å². The zero-order valence-corrected chi connectivity index (χ0v) is 24.6. The normalized spacial score (nSPS) is 22.6. The molecule has 2 aromatic carbocycles. The molecule has 0 bridgehead atoms. The maximum absolute atomic E-state index is 8.66. The molecule has 1 saturated heterocycles. The number of morpholine rings is 1. The Labute approximate surface area is 224 Å². The summed E-state index contributed by atoms with van der Waals surface area (Å²) in [6, 6.07) is 11.9.